The van der Waals surface area contributed by atoms with Crippen molar-refractivity contribution in [2.75, 3.05) is 19.5 Å². The Morgan fingerprint density at radius 2 is 1.80 bits per heavy atom. The number of unbranched alkanes of at least 4 members (excludes halogenated alkanes) is 1. The third-order valence-corrected chi connectivity index (χ3v) is 10.1. The van der Waals surface area contributed by atoms with Crippen molar-refractivity contribution in [2.45, 2.75) is 134 Å². The second-order valence-electron chi connectivity index (χ2n) is 13.2. The molecule has 1 N–H and O–H groups in total. The summed E-state index contributed by atoms with van der Waals surface area (Å²) in [6, 6.07) is 0. The second-order valence-corrected chi connectivity index (χ2v) is 15.0. The minimum atomic E-state index is -3.54. The summed E-state index contributed by atoms with van der Waals surface area (Å²) >= 11 is 0. The molecule has 4 rings (SSSR count). The molecule has 4 fully saturated rings. The molecule has 2 aliphatic carbocycles. The standard InChI is InChI=1S/C34H55NO8S/c1-3-12-25-17-18-26(23-25)30(42-33-15-8-10-21-40-33)20-19-27-28(13-6-4-5-7-14-32(37)35-44(2,38)39)31(24-29(27)36)43-34-16-9-11-22-41-34/h4,6,19-20,25-28,30-31,33-34H,3,5,7-18,21-24H2,1-2H3,(H,35,37)/b6-4-,20-19+/t25?,26?,27-,28-,30-,31+,33?,34?/m1/s1. The van der Waals surface area contributed by atoms with Crippen LogP contribution in [0.2, 0.25) is 0 Å². The zero-order chi connectivity index (χ0) is 31.4. The fraction of sp³-hybridized carbons (Fsp3) is 0.824. The van der Waals surface area contributed by atoms with Crippen LogP contribution >= 0.6 is 0 Å². The van der Waals surface area contributed by atoms with Crippen LogP contribution in [-0.4, -0.2) is 64.4 Å². The van der Waals surface area contributed by atoms with Crippen LogP contribution in [0.5, 0.6) is 0 Å². The summed E-state index contributed by atoms with van der Waals surface area (Å²) in [6.45, 7) is 3.68. The summed E-state index contributed by atoms with van der Waals surface area (Å²) in [7, 11) is -3.54. The van der Waals surface area contributed by atoms with Gasteiger partial charge in [-0.05, 0) is 82.5 Å². The Balaban J connectivity index is 1.42. The third kappa shape index (κ3) is 11.6. The molecule has 2 heterocycles. The minimum absolute atomic E-state index is 0.0166. The number of allylic oxidation sites excluding steroid dienone is 3. The fourth-order valence-corrected chi connectivity index (χ4v) is 7.81. The van der Waals surface area contributed by atoms with E-state index >= 15 is 0 Å². The van der Waals surface area contributed by atoms with E-state index in [-0.39, 0.29) is 48.8 Å². The van der Waals surface area contributed by atoms with Gasteiger partial charge in [0.15, 0.2) is 12.6 Å². The number of nitrogens with one attached hydrogen (secondary N) is 1. The Bertz CT molecular complexity index is 1060. The summed E-state index contributed by atoms with van der Waals surface area (Å²) in [6.07, 6.45) is 23.0. The molecule has 0 aromatic carbocycles. The maximum absolute atomic E-state index is 13.5. The zero-order valence-corrected chi connectivity index (χ0v) is 27.6. The number of carbonyl (C=O) groups is 2. The number of hydrogen-bond acceptors (Lipinski definition) is 8. The Kier molecular flexibility index (Phi) is 14.4. The van der Waals surface area contributed by atoms with E-state index in [4.69, 9.17) is 18.9 Å². The van der Waals surface area contributed by atoms with Crippen molar-refractivity contribution in [3.63, 3.8) is 0 Å². The fourth-order valence-electron chi connectivity index (χ4n) is 7.30. The van der Waals surface area contributed by atoms with E-state index in [1.54, 1.807) is 0 Å². The number of carbonyl (C=O) groups excluding carboxylic acids is 2. The molecule has 9 nitrogen and oxygen atoms in total. The maximum Gasteiger partial charge on any atom is 0.233 e. The molecule has 0 bridgehead atoms. The molecule has 2 saturated carbocycles. The third-order valence-electron chi connectivity index (χ3n) is 9.52. The lowest BCUT2D eigenvalue weighted by Gasteiger charge is -2.30. The van der Waals surface area contributed by atoms with Crippen molar-refractivity contribution >= 4 is 21.7 Å². The lowest BCUT2D eigenvalue weighted by molar-refractivity contribution is -0.195. The highest BCUT2D eigenvalue weighted by Crippen LogP contribution is 2.40. The van der Waals surface area contributed by atoms with Gasteiger partial charge in [-0.15, -0.1) is 0 Å². The van der Waals surface area contributed by atoms with E-state index < -0.39 is 15.9 Å². The van der Waals surface area contributed by atoms with Gasteiger partial charge in [-0.3, -0.25) is 14.3 Å². The molecule has 44 heavy (non-hydrogen) atoms. The monoisotopic (exact) mass is 637 g/mol. The predicted octanol–water partition coefficient (Wildman–Crippen LogP) is 5.98. The Labute approximate surface area is 264 Å². The number of hydrogen-bond donors (Lipinski definition) is 1. The van der Waals surface area contributed by atoms with Crippen LogP contribution in [0.1, 0.15) is 110 Å². The summed E-state index contributed by atoms with van der Waals surface area (Å²) in [5, 5.41) is 0. The van der Waals surface area contributed by atoms with Gasteiger partial charge in [0.2, 0.25) is 15.9 Å². The molecule has 8 atom stereocenters. The highest BCUT2D eigenvalue weighted by atomic mass is 32.2. The molecule has 4 aliphatic rings. The number of ketones is 1. The van der Waals surface area contributed by atoms with Gasteiger partial charge in [-0.2, -0.15) is 0 Å². The molecule has 0 aromatic heterocycles. The van der Waals surface area contributed by atoms with Crippen LogP contribution in [-0.2, 0) is 38.6 Å². The number of Topliss-reactive ketones (excluding diaryl/α,β-unsaturated/α-hetero) is 1. The molecule has 250 valence electrons. The first-order valence-electron chi connectivity index (χ1n) is 17.1. The van der Waals surface area contributed by atoms with Gasteiger partial charge in [0.05, 0.1) is 18.5 Å². The number of amides is 1. The molecule has 0 spiro atoms. The van der Waals surface area contributed by atoms with Gasteiger partial charge in [-0.25, -0.2) is 8.42 Å². The van der Waals surface area contributed by atoms with Gasteiger partial charge in [0, 0.05) is 37.9 Å². The van der Waals surface area contributed by atoms with E-state index in [0.717, 1.165) is 70.1 Å². The average Bonchev–Trinajstić information content (AvgIpc) is 3.57. The van der Waals surface area contributed by atoms with Gasteiger partial charge in [0.25, 0.3) is 0 Å². The van der Waals surface area contributed by atoms with E-state index in [0.29, 0.717) is 38.2 Å². The highest BCUT2D eigenvalue weighted by molar-refractivity contribution is 7.89. The average molecular weight is 638 g/mol. The SMILES string of the molecule is CCCC1CCC([C@@H](/C=C/[C@H]2C(=O)C[C@H](OC3CCCCO3)[C@@H]2C/C=C\CCCC(=O)NS(C)(=O)=O)OC2CCCCO2)C1. The number of ether oxygens (including phenoxy) is 4. The summed E-state index contributed by atoms with van der Waals surface area (Å²) in [5.74, 6) is 0.601. The van der Waals surface area contributed by atoms with Crippen LogP contribution in [0.3, 0.4) is 0 Å². The van der Waals surface area contributed by atoms with Gasteiger partial charge >= 0.3 is 0 Å². The van der Waals surface area contributed by atoms with Crippen LogP contribution in [0.25, 0.3) is 0 Å². The van der Waals surface area contributed by atoms with Crippen molar-refractivity contribution in [3.05, 3.63) is 24.3 Å². The largest absolute Gasteiger partial charge is 0.353 e. The van der Waals surface area contributed by atoms with Crippen LogP contribution in [0.4, 0.5) is 0 Å². The second kappa shape index (κ2) is 17.9. The van der Waals surface area contributed by atoms with Crippen molar-refractivity contribution in [2.24, 2.45) is 23.7 Å². The lowest BCUT2D eigenvalue weighted by Crippen LogP contribution is -2.32. The van der Waals surface area contributed by atoms with Crippen LogP contribution < -0.4 is 4.72 Å². The molecular formula is C34H55NO8S. The molecule has 2 aliphatic heterocycles. The summed E-state index contributed by atoms with van der Waals surface area (Å²) in [4.78, 5) is 25.3. The first kappa shape index (κ1) is 35.3. The van der Waals surface area contributed by atoms with Crippen molar-refractivity contribution < 1.29 is 37.0 Å². The topological polar surface area (TPSA) is 117 Å². The van der Waals surface area contributed by atoms with E-state index in [2.05, 4.69) is 25.2 Å². The summed E-state index contributed by atoms with van der Waals surface area (Å²) in [5.41, 5.74) is 0. The quantitative estimate of drug-likeness (QED) is 0.162. The molecular weight excluding hydrogens is 582 g/mol. The van der Waals surface area contributed by atoms with Gasteiger partial charge in [0.1, 0.15) is 5.78 Å². The molecule has 4 unspecified atom stereocenters. The van der Waals surface area contributed by atoms with Crippen molar-refractivity contribution in [1.82, 2.24) is 4.72 Å². The van der Waals surface area contributed by atoms with Gasteiger partial charge < -0.3 is 18.9 Å². The highest BCUT2D eigenvalue weighted by Gasteiger charge is 2.43. The molecule has 2 saturated heterocycles. The number of sulfonamides is 1. The normalized spacial score (nSPS) is 32.5. The molecule has 1 amide bonds. The van der Waals surface area contributed by atoms with E-state index in [1.165, 1.54) is 19.3 Å². The first-order valence-corrected chi connectivity index (χ1v) is 19.0. The molecule has 0 radical (unpaired) electrons. The van der Waals surface area contributed by atoms with E-state index in [1.807, 2.05) is 10.8 Å². The predicted molar refractivity (Wildman–Crippen MR) is 169 cm³/mol. The van der Waals surface area contributed by atoms with Crippen molar-refractivity contribution in [1.29, 1.82) is 0 Å². The Hall–Kier alpha value is -1.59. The van der Waals surface area contributed by atoms with Gasteiger partial charge in [-0.1, -0.05) is 50.5 Å². The first-order chi connectivity index (χ1) is 21.2. The maximum atomic E-state index is 13.5. The summed E-state index contributed by atoms with van der Waals surface area (Å²) < 4.78 is 49.4. The minimum Gasteiger partial charge on any atom is -0.353 e. The van der Waals surface area contributed by atoms with E-state index in [9.17, 15) is 18.0 Å². The lowest BCUT2D eigenvalue weighted by atomic mass is 9.88. The molecule has 0 aromatic rings. The van der Waals surface area contributed by atoms with Crippen LogP contribution in [0, 0.1) is 23.7 Å². The molecule has 10 heteroatoms. The Morgan fingerprint density at radius 1 is 1.05 bits per heavy atom. The Morgan fingerprint density at radius 3 is 2.48 bits per heavy atom. The smallest absolute Gasteiger partial charge is 0.233 e. The zero-order valence-electron chi connectivity index (χ0n) is 26.8. The number of rotatable bonds is 16. The van der Waals surface area contributed by atoms with Crippen LogP contribution in [0.15, 0.2) is 24.3 Å². The van der Waals surface area contributed by atoms with Crippen molar-refractivity contribution in [3.8, 4) is 0 Å².